The molecule has 1 aliphatic rings. The lowest BCUT2D eigenvalue weighted by Gasteiger charge is -2.43. The molecule has 0 bridgehead atoms. The Kier molecular flexibility index (Phi) is 14.0. The third-order valence-electron chi connectivity index (χ3n) is 4.10. The standard InChI is InChI=1S/C16H33NO6S.CH3/c1-4-24-7-5-6-22-10-12(19)8-17-14-11(2)23-13(9-18)16(21-3)15(14)20;/h11-20H,4-10H2,1-3H3;1H3/q;+1. The van der Waals surface area contributed by atoms with Crippen LogP contribution in [0.3, 0.4) is 0 Å². The average molecular weight is 383 g/mol. The van der Waals surface area contributed by atoms with Gasteiger partial charge in [-0.15, -0.1) is 0 Å². The zero-order valence-corrected chi connectivity index (χ0v) is 16.7. The molecule has 0 spiro atoms. The van der Waals surface area contributed by atoms with Gasteiger partial charge in [0.2, 0.25) is 0 Å². The number of ether oxygens (including phenoxy) is 3. The van der Waals surface area contributed by atoms with Gasteiger partial charge in [-0.1, -0.05) is 6.92 Å². The second-order valence-electron chi connectivity index (χ2n) is 5.97. The maximum Gasteiger partial charge on any atom is 0.113 e. The van der Waals surface area contributed by atoms with Gasteiger partial charge < -0.3 is 34.8 Å². The number of nitrogens with one attached hydrogen (secondary N) is 1. The minimum Gasteiger partial charge on any atom is -0.394 e. The van der Waals surface area contributed by atoms with Gasteiger partial charge >= 0.3 is 0 Å². The van der Waals surface area contributed by atoms with E-state index in [1.54, 1.807) is 0 Å². The van der Waals surface area contributed by atoms with Crippen LogP contribution in [0.1, 0.15) is 20.3 Å². The van der Waals surface area contributed by atoms with Crippen molar-refractivity contribution in [1.82, 2.24) is 5.32 Å². The molecule has 0 radical (unpaired) electrons. The number of aliphatic hydroxyl groups is 3. The summed E-state index contributed by atoms with van der Waals surface area (Å²) < 4.78 is 16.4. The summed E-state index contributed by atoms with van der Waals surface area (Å²) in [6, 6.07) is -0.381. The van der Waals surface area contributed by atoms with Crippen LogP contribution in [-0.2, 0) is 14.2 Å². The average Bonchev–Trinajstić information content (AvgIpc) is 2.57. The van der Waals surface area contributed by atoms with Gasteiger partial charge in [-0.05, 0) is 24.9 Å². The topological polar surface area (TPSA) is 100 Å². The molecule has 1 heterocycles. The number of aliphatic hydroxyl groups excluding tert-OH is 3. The van der Waals surface area contributed by atoms with Crippen molar-refractivity contribution in [3.8, 4) is 0 Å². The number of methoxy groups -OCH3 is 1. The summed E-state index contributed by atoms with van der Waals surface area (Å²) in [5, 5.41) is 32.8. The van der Waals surface area contributed by atoms with Crippen LogP contribution in [-0.4, -0.2) is 96.9 Å². The van der Waals surface area contributed by atoms with Crippen molar-refractivity contribution in [3.63, 3.8) is 0 Å². The van der Waals surface area contributed by atoms with Crippen molar-refractivity contribution in [2.24, 2.45) is 0 Å². The Morgan fingerprint density at radius 1 is 1.36 bits per heavy atom. The molecule has 1 saturated heterocycles. The Bertz CT molecular complexity index is 326. The van der Waals surface area contributed by atoms with E-state index in [2.05, 4.69) is 12.2 Å². The fourth-order valence-corrected chi connectivity index (χ4v) is 3.43. The lowest BCUT2D eigenvalue weighted by atomic mass is 9.93. The molecule has 4 N–H and O–H groups in total. The molecule has 0 amide bonds. The molecule has 6 atom stereocenters. The van der Waals surface area contributed by atoms with Crippen LogP contribution in [0.4, 0.5) is 0 Å². The van der Waals surface area contributed by atoms with Gasteiger partial charge in [0.15, 0.2) is 0 Å². The van der Waals surface area contributed by atoms with Gasteiger partial charge in [0.25, 0.3) is 0 Å². The van der Waals surface area contributed by atoms with Crippen LogP contribution >= 0.6 is 11.8 Å². The maximum atomic E-state index is 10.4. The van der Waals surface area contributed by atoms with Gasteiger partial charge in [-0.2, -0.15) is 11.8 Å². The quantitative estimate of drug-likeness (QED) is 0.278. The smallest absolute Gasteiger partial charge is 0.113 e. The molecule has 150 valence electrons. The molecule has 7 nitrogen and oxygen atoms in total. The molecule has 0 aromatic rings. The van der Waals surface area contributed by atoms with Crippen LogP contribution in [0.5, 0.6) is 0 Å². The van der Waals surface area contributed by atoms with Gasteiger partial charge in [0.1, 0.15) is 18.3 Å². The second kappa shape index (κ2) is 14.1. The molecule has 1 fully saturated rings. The Labute approximate surface area is 156 Å². The largest absolute Gasteiger partial charge is 0.394 e. The van der Waals surface area contributed by atoms with E-state index < -0.39 is 24.4 Å². The zero-order chi connectivity index (χ0) is 17.9. The molecule has 0 aliphatic carbocycles. The number of hydrogen-bond acceptors (Lipinski definition) is 8. The van der Waals surface area contributed by atoms with Crippen molar-refractivity contribution >= 4 is 11.8 Å². The summed E-state index contributed by atoms with van der Waals surface area (Å²) in [5.41, 5.74) is 0. The maximum absolute atomic E-state index is 10.4. The van der Waals surface area contributed by atoms with Crippen molar-refractivity contribution in [3.05, 3.63) is 7.43 Å². The SMILES string of the molecule is CCSCCCOCC(O)CNC1C(C)OC(CO)C(OC)C1O.[CH3+]. The summed E-state index contributed by atoms with van der Waals surface area (Å²) in [4.78, 5) is 0. The predicted octanol–water partition coefficient (Wildman–Crippen LogP) is 0.0711. The van der Waals surface area contributed by atoms with Crippen LogP contribution < -0.4 is 5.32 Å². The first-order valence-electron chi connectivity index (χ1n) is 8.59. The fourth-order valence-electron chi connectivity index (χ4n) is 2.82. The highest BCUT2D eigenvalue weighted by Crippen LogP contribution is 2.22. The molecule has 1 aliphatic heterocycles. The minimum absolute atomic E-state index is 0. The molecule has 8 heteroatoms. The van der Waals surface area contributed by atoms with Crippen molar-refractivity contribution in [2.75, 3.05) is 45.0 Å². The highest BCUT2D eigenvalue weighted by molar-refractivity contribution is 7.99. The van der Waals surface area contributed by atoms with E-state index in [0.29, 0.717) is 13.2 Å². The highest BCUT2D eigenvalue weighted by atomic mass is 32.2. The summed E-state index contributed by atoms with van der Waals surface area (Å²) >= 11 is 1.87. The Morgan fingerprint density at radius 2 is 2.08 bits per heavy atom. The van der Waals surface area contributed by atoms with E-state index in [4.69, 9.17) is 14.2 Å². The Balaban J connectivity index is 0.00000576. The summed E-state index contributed by atoms with van der Waals surface area (Å²) in [7, 11) is 1.48. The first kappa shape index (κ1) is 24.9. The lowest BCUT2D eigenvalue weighted by molar-refractivity contribution is -0.199. The van der Waals surface area contributed by atoms with E-state index in [1.165, 1.54) is 7.11 Å². The molecule has 0 aromatic carbocycles. The van der Waals surface area contributed by atoms with E-state index in [9.17, 15) is 15.3 Å². The Morgan fingerprint density at radius 3 is 2.68 bits per heavy atom. The van der Waals surface area contributed by atoms with Crippen LogP contribution in [0.25, 0.3) is 0 Å². The summed E-state index contributed by atoms with van der Waals surface area (Å²) in [6.07, 6.45) is -1.96. The third kappa shape index (κ3) is 8.45. The summed E-state index contributed by atoms with van der Waals surface area (Å²) in [5.74, 6) is 2.18. The predicted molar refractivity (Wildman–Crippen MR) is 101 cm³/mol. The summed E-state index contributed by atoms with van der Waals surface area (Å²) in [6.45, 7) is 4.93. The van der Waals surface area contributed by atoms with Gasteiger partial charge in [-0.3, -0.25) is 0 Å². The normalized spacial score (nSPS) is 30.7. The molecule has 1 rings (SSSR count). The molecular formula is C17H36NO6S+. The minimum atomic E-state index is -0.824. The molecule has 25 heavy (non-hydrogen) atoms. The number of rotatable bonds is 12. The van der Waals surface area contributed by atoms with Crippen molar-refractivity contribution < 1.29 is 29.5 Å². The Hall–Kier alpha value is -0.0600. The molecule has 6 unspecified atom stereocenters. The first-order valence-corrected chi connectivity index (χ1v) is 9.74. The highest BCUT2D eigenvalue weighted by Gasteiger charge is 2.43. The van der Waals surface area contributed by atoms with E-state index in [1.807, 2.05) is 18.7 Å². The van der Waals surface area contributed by atoms with Crippen LogP contribution in [0.2, 0.25) is 0 Å². The fraction of sp³-hybridized carbons (Fsp3) is 0.941. The van der Waals surface area contributed by atoms with E-state index in [0.717, 1.165) is 17.9 Å². The van der Waals surface area contributed by atoms with E-state index >= 15 is 0 Å². The van der Waals surface area contributed by atoms with Crippen molar-refractivity contribution in [1.29, 1.82) is 0 Å². The molecule has 0 saturated carbocycles. The van der Waals surface area contributed by atoms with Crippen LogP contribution in [0, 0.1) is 7.43 Å². The van der Waals surface area contributed by atoms with Crippen LogP contribution in [0.15, 0.2) is 0 Å². The molecular weight excluding hydrogens is 346 g/mol. The third-order valence-corrected chi connectivity index (χ3v) is 5.08. The van der Waals surface area contributed by atoms with E-state index in [-0.39, 0.29) is 32.8 Å². The second-order valence-corrected chi connectivity index (χ2v) is 7.36. The van der Waals surface area contributed by atoms with Gasteiger partial charge in [0.05, 0.1) is 31.5 Å². The van der Waals surface area contributed by atoms with Gasteiger partial charge in [-0.25, -0.2) is 0 Å². The first-order chi connectivity index (χ1) is 11.5. The lowest BCUT2D eigenvalue weighted by Crippen LogP contribution is -2.63. The van der Waals surface area contributed by atoms with Crippen molar-refractivity contribution in [2.45, 2.75) is 56.8 Å². The number of thioether (sulfide) groups is 1. The monoisotopic (exact) mass is 382 g/mol. The number of hydrogen-bond donors (Lipinski definition) is 4. The molecule has 0 aromatic heterocycles. The zero-order valence-electron chi connectivity index (χ0n) is 15.9. The van der Waals surface area contributed by atoms with Gasteiger partial charge in [0, 0.05) is 27.7 Å².